The van der Waals surface area contributed by atoms with Crippen molar-refractivity contribution in [1.29, 1.82) is 0 Å². The normalized spacial score (nSPS) is 12.1. The van der Waals surface area contributed by atoms with Gasteiger partial charge in [-0.1, -0.05) is 11.6 Å². The molecule has 0 saturated carbocycles. The highest BCUT2D eigenvalue weighted by molar-refractivity contribution is 7.80. The van der Waals surface area contributed by atoms with Gasteiger partial charge in [0.2, 0.25) is 0 Å². The number of hydrogen-bond acceptors (Lipinski definition) is 2. The molecular weight excluding hydrogens is 230 g/mol. The third-order valence-electron chi connectivity index (χ3n) is 1.41. The Bertz CT molecular complexity index is 395. The lowest BCUT2D eigenvalue weighted by Crippen LogP contribution is -2.04. The molecule has 3 N–H and O–H groups in total. The fourth-order valence-corrected chi connectivity index (χ4v) is 1.41. The van der Waals surface area contributed by atoms with Crippen molar-refractivity contribution < 1.29 is 18.7 Å². The van der Waals surface area contributed by atoms with Crippen molar-refractivity contribution in [1.82, 2.24) is 0 Å². The van der Waals surface area contributed by atoms with E-state index in [1.165, 1.54) is 18.2 Å². The monoisotopic (exact) mass is 235 g/mol. The SMILES string of the molecule is O=C(O)c1ccc(Cl)c(NS(=O)O)c1. The van der Waals surface area contributed by atoms with Crippen LogP contribution >= 0.6 is 11.6 Å². The third kappa shape index (κ3) is 2.69. The molecule has 0 aromatic heterocycles. The highest BCUT2D eigenvalue weighted by Crippen LogP contribution is 2.23. The largest absolute Gasteiger partial charge is 0.478 e. The molecule has 1 rings (SSSR count). The van der Waals surface area contributed by atoms with Crippen molar-refractivity contribution in [3.05, 3.63) is 28.8 Å². The molecule has 0 aliphatic heterocycles. The maximum absolute atomic E-state index is 10.5. The summed E-state index contributed by atoms with van der Waals surface area (Å²) in [5.41, 5.74) is 0.0924. The standard InChI is InChI=1S/C7H6ClNO4S/c8-5-2-1-4(7(10)11)3-6(5)9-14(12)13/h1-3,9H,(H,10,11)(H,12,13). The van der Waals surface area contributed by atoms with Crippen LogP contribution in [0, 0.1) is 0 Å². The molecule has 76 valence electrons. The molecule has 1 atom stereocenters. The summed E-state index contributed by atoms with van der Waals surface area (Å²) in [5, 5.41) is 8.80. The van der Waals surface area contributed by atoms with Crippen molar-refractivity contribution in [2.45, 2.75) is 0 Å². The minimum absolute atomic E-state index is 0.0117. The molecule has 0 saturated heterocycles. The van der Waals surface area contributed by atoms with Crippen LogP contribution in [0.5, 0.6) is 0 Å². The summed E-state index contributed by atoms with van der Waals surface area (Å²) in [4.78, 5) is 10.5. The summed E-state index contributed by atoms with van der Waals surface area (Å²) in [7, 11) is 0. The summed E-state index contributed by atoms with van der Waals surface area (Å²) < 4.78 is 21.0. The van der Waals surface area contributed by atoms with E-state index in [-0.39, 0.29) is 16.3 Å². The number of carboxylic acids is 1. The van der Waals surface area contributed by atoms with E-state index in [0.717, 1.165) is 0 Å². The number of anilines is 1. The lowest BCUT2D eigenvalue weighted by molar-refractivity contribution is 0.0697. The number of aromatic carboxylic acids is 1. The van der Waals surface area contributed by atoms with Gasteiger partial charge in [-0.15, -0.1) is 0 Å². The summed E-state index contributed by atoms with van der Waals surface area (Å²) in [6, 6.07) is 3.81. The van der Waals surface area contributed by atoms with Crippen LogP contribution in [0.25, 0.3) is 0 Å². The van der Waals surface area contributed by atoms with Crippen LogP contribution in [-0.2, 0) is 11.3 Å². The third-order valence-corrected chi connectivity index (χ3v) is 2.13. The second kappa shape index (κ2) is 4.41. The maximum Gasteiger partial charge on any atom is 0.335 e. The molecule has 1 aromatic rings. The molecule has 7 heteroatoms. The van der Waals surface area contributed by atoms with E-state index < -0.39 is 17.2 Å². The van der Waals surface area contributed by atoms with Gasteiger partial charge >= 0.3 is 5.97 Å². The smallest absolute Gasteiger partial charge is 0.335 e. The van der Waals surface area contributed by atoms with Crippen LogP contribution in [0.1, 0.15) is 10.4 Å². The molecule has 0 fully saturated rings. The van der Waals surface area contributed by atoms with Gasteiger partial charge in [-0.3, -0.25) is 9.27 Å². The van der Waals surface area contributed by atoms with Crippen LogP contribution in [-0.4, -0.2) is 19.8 Å². The van der Waals surface area contributed by atoms with Crippen LogP contribution in [0.3, 0.4) is 0 Å². The van der Waals surface area contributed by atoms with E-state index in [1.54, 1.807) is 0 Å². The summed E-state index contributed by atoms with van der Waals surface area (Å²) in [6.07, 6.45) is 0. The molecule has 0 aliphatic rings. The first-order valence-electron chi connectivity index (χ1n) is 3.41. The Morgan fingerprint density at radius 2 is 2.14 bits per heavy atom. The van der Waals surface area contributed by atoms with Gasteiger partial charge in [0.1, 0.15) is 0 Å². The Kier molecular flexibility index (Phi) is 3.45. The fraction of sp³-hybridized carbons (Fsp3) is 0. The molecule has 1 unspecified atom stereocenters. The topological polar surface area (TPSA) is 86.6 Å². The van der Waals surface area contributed by atoms with Crippen molar-refractivity contribution in [3.8, 4) is 0 Å². The van der Waals surface area contributed by atoms with E-state index in [2.05, 4.69) is 4.72 Å². The molecule has 0 amide bonds. The average Bonchev–Trinajstić information content (AvgIpc) is 2.07. The van der Waals surface area contributed by atoms with Gasteiger partial charge in [0.05, 0.1) is 16.3 Å². The summed E-state index contributed by atoms with van der Waals surface area (Å²) in [6.45, 7) is 0. The molecule has 0 bridgehead atoms. The van der Waals surface area contributed by atoms with Gasteiger partial charge in [-0.25, -0.2) is 9.00 Å². The zero-order valence-electron chi connectivity index (χ0n) is 6.73. The molecule has 0 spiro atoms. The van der Waals surface area contributed by atoms with Gasteiger partial charge in [-0.2, -0.15) is 0 Å². The fourth-order valence-electron chi connectivity index (χ4n) is 0.831. The van der Waals surface area contributed by atoms with Gasteiger partial charge in [0.15, 0.2) is 0 Å². The van der Waals surface area contributed by atoms with E-state index >= 15 is 0 Å². The Labute approximate surface area is 87.1 Å². The summed E-state index contributed by atoms with van der Waals surface area (Å²) >= 11 is 3.37. The van der Waals surface area contributed by atoms with Gasteiger partial charge in [0, 0.05) is 0 Å². The first-order chi connectivity index (χ1) is 6.50. The number of nitrogens with one attached hydrogen (secondary N) is 1. The Balaban J connectivity index is 3.08. The Hall–Kier alpha value is -1.11. The second-order valence-corrected chi connectivity index (χ2v) is 3.46. The zero-order chi connectivity index (χ0) is 10.7. The first-order valence-corrected chi connectivity index (χ1v) is 4.89. The number of carboxylic acid groups (broad SMARTS) is 1. The molecule has 14 heavy (non-hydrogen) atoms. The van der Waals surface area contributed by atoms with Crippen LogP contribution < -0.4 is 4.72 Å². The van der Waals surface area contributed by atoms with Crippen molar-refractivity contribution in [3.63, 3.8) is 0 Å². The van der Waals surface area contributed by atoms with Gasteiger partial charge in [0.25, 0.3) is 11.3 Å². The highest BCUT2D eigenvalue weighted by Gasteiger charge is 2.07. The number of carbonyl (C=O) groups is 1. The lowest BCUT2D eigenvalue weighted by Gasteiger charge is -2.04. The summed E-state index contributed by atoms with van der Waals surface area (Å²) in [5.74, 6) is -1.13. The minimum atomic E-state index is -2.28. The number of rotatable bonds is 3. The van der Waals surface area contributed by atoms with Crippen molar-refractivity contribution >= 4 is 34.5 Å². The van der Waals surface area contributed by atoms with Gasteiger partial charge < -0.3 is 5.11 Å². The van der Waals surface area contributed by atoms with Gasteiger partial charge in [-0.05, 0) is 18.2 Å². The van der Waals surface area contributed by atoms with Crippen molar-refractivity contribution in [2.24, 2.45) is 0 Å². The predicted molar refractivity (Wildman–Crippen MR) is 52.8 cm³/mol. The van der Waals surface area contributed by atoms with E-state index in [0.29, 0.717) is 0 Å². The lowest BCUT2D eigenvalue weighted by atomic mass is 10.2. The molecule has 0 heterocycles. The van der Waals surface area contributed by atoms with E-state index in [4.69, 9.17) is 21.3 Å². The molecular formula is C7H6ClNO4S. The predicted octanol–water partition coefficient (Wildman–Crippen LogP) is 1.59. The van der Waals surface area contributed by atoms with E-state index in [1.807, 2.05) is 0 Å². The number of hydrogen-bond donors (Lipinski definition) is 3. The van der Waals surface area contributed by atoms with Crippen LogP contribution in [0.4, 0.5) is 5.69 Å². The molecule has 0 radical (unpaired) electrons. The zero-order valence-corrected chi connectivity index (χ0v) is 8.30. The maximum atomic E-state index is 10.5. The molecule has 5 nitrogen and oxygen atoms in total. The van der Waals surface area contributed by atoms with Crippen LogP contribution in [0.2, 0.25) is 5.02 Å². The molecule has 0 aliphatic carbocycles. The quantitative estimate of drug-likeness (QED) is 0.695. The first kappa shape index (κ1) is 11.0. The minimum Gasteiger partial charge on any atom is -0.478 e. The molecule has 1 aromatic carbocycles. The Morgan fingerprint density at radius 1 is 1.50 bits per heavy atom. The number of benzene rings is 1. The van der Waals surface area contributed by atoms with E-state index in [9.17, 15) is 9.00 Å². The number of halogens is 1. The highest BCUT2D eigenvalue weighted by atomic mass is 35.5. The van der Waals surface area contributed by atoms with Crippen LogP contribution in [0.15, 0.2) is 18.2 Å². The second-order valence-electron chi connectivity index (χ2n) is 2.35. The average molecular weight is 236 g/mol. The Morgan fingerprint density at radius 3 is 2.64 bits per heavy atom. The van der Waals surface area contributed by atoms with Crippen molar-refractivity contribution in [2.75, 3.05) is 4.72 Å².